The number of carboxylic acid groups (broad SMARTS) is 1. The van der Waals surface area contributed by atoms with Crippen LogP contribution in [0, 0.1) is 0 Å². The number of hydrogen-bond donors (Lipinski definition) is 2. The van der Waals surface area contributed by atoms with Crippen molar-refractivity contribution >= 4 is 23.7 Å². The molecule has 8 heteroatoms. The number of aromatic carboxylic acids is 1. The van der Waals surface area contributed by atoms with Gasteiger partial charge in [0.05, 0.1) is 29.8 Å². The number of benzene rings is 1. The summed E-state index contributed by atoms with van der Waals surface area (Å²) in [6.45, 7) is -0.367. The quantitative estimate of drug-likeness (QED) is 0.536. The number of imide groups is 1. The Labute approximate surface area is 119 Å². The van der Waals surface area contributed by atoms with Gasteiger partial charge in [0.2, 0.25) is 5.91 Å². The molecule has 0 aromatic heterocycles. The summed E-state index contributed by atoms with van der Waals surface area (Å²) in [5.41, 5.74) is 5.02. The SMILES string of the molecule is NC(=O)COCCN1C(=O)c2ccc(C(=O)O)cc2C1=O. The molecule has 110 valence electrons. The number of carbonyl (C=O) groups excluding carboxylic acids is 3. The van der Waals surface area contributed by atoms with Gasteiger partial charge >= 0.3 is 5.97 Å². The molecule has 1 heterocycles. The van der Waals surface area contributed by atoms with Gasteiger partial charge in [-0.25, -0.2) is 4.79 Å². The summed E-state index contributed by atoms with van der Waals surface area (Å²) >= 11 is 0. The molecule has 0 bridgehead atoms. The Balaban J connectivity index is 2.11. The summed E-state index contributed by atoms with van der Waals surface area (Å²) in [7, 11) is 0. The van der Waals surface area contributed by atoms with Gasteiger partial charge in [0.25, 0.3) is 11.8 Å². The maximum absolute atomic E-state index is 12.1. The Morgan fingerprint density at radius 3 is 2.48 bits per heavy atom. The molecule has 1 aromatic rings. The molecular formula is C13H12N2O6. The van der Waals surface area contributed by atoms with Crippen molar-refractivity contribution in [3.05, 3.63) is 34.9 Å². The van der Waals surface area contributed by atoms with Gasteiger partial charge in [0, 0.05) is 0 Å². The molecule has 2 rings (SSSR count). The number of primary amides is 1. The fourth-order valence-electron chi connectivity index (χ4n) is 1.96. The normalized spacial score (nSPS) is 13.4. The Morgan fingerprint density at radius 1 is 1.19 bits per heavy atom. The molecule has 0 radical (unpaired) electrons. The van der Waals surface area contributed by atoms with Crippen molar-refractivity contribution in [3.63, 3.8) is 0 Å². The molecule has 0 saturated carbocycles. The second-order valence-corrected chi connectivity index (χ2v) is 4.35. The standard InChI is InChI=1S/C13H12N2O6/c14-10(16)6-21-4-3-15-11(17)8-2-1-7(13(19)20)5-9(8)12(15)18/h1-2,5H,3-4,6H2,(H2,14,16)(H,19,20). The zero-order valence-corrected chi connectivity index (χ0v) is 10.9. The molecule has 0 aliphatic carbocycles. The number of nitrogens with zero attached hydrogens (tertiary/aromatic N) is 1. The van der Waals surface area contributed by atoms with E-state index in [9.17, 15) is 19.2 Å². The highest BCUT2D eigenvalue weighted by Crippen LogP contribution is 2.23. The first-order valence-corrected chi connectivity index (χ1v) is 6.01. The molecule has 0 fully saturated rings. The second-order valence-electron chi connectivity index (χ2n) is 4.35. The Morgan fingerprint density at radius 2 is 1.86 bits per heavy atom. The predicted molar refractivity (Wildman–Crippen MR) is 68.8 cm³/mol. The highest BCUT2D eigenvalue weighted by Gasteiger charge is 2.35. The summed E-state index contributed by atoms with van der Waals surface area (Å²) < 4.78 is 4.90. The van der Waals surface area contributed by atoms with E-state index in [0.29, 0.717) is 0 Å². The lowest BCUT2D eigenvalue weighted by Crippen LogP contribution is -2.33. The molecule has 0 spiro atoms. The lowest BCUT2D eigenvalue weighted by Gasteiger charge is -2.13. The van der Waals surface area contributed by atoms with Crippen LogP contribution in [0.15, 0.2) is 18.2 Å². The number of carboxylic acids is 1. The van der Waals surface area contributed by atoms with E-state index < -0.39 is 23.7 Å². The van der Waals surface area contributed by atoms with E-state index in [-0.39, 0.29) is 36.4 Å². The van der Waals surface area contributed by atoms with Crippen molar-refractivity contribution in [1.82, 2.24) is 4.90 Å². The number of ether oxygens (including phenoxy) is 1. The molecule has 3 amide bonds. The van der Waals surface area contributed by atoms with Gasteiger partial charge in [-0.1, -0.05) is 0 Å². The van der Waals surface area contributed by atoms with Gasteiger partial charge in [0.15, 0.2) is 0 Å². The van der Waals surface area contributed by atoms with Crippen molar-refractivity contribution in [1.29, 1.82) is 0 Å². The van der Waals surface area contributed by atoms with E-state index in [1.165, 1.54) is 18.2 Å². The Hall–Kier alpha value is -2.74. The number of amides is 3. The van der Waals surface area contributed by atoms with Crippen LogP contribution in [0.4, 0.5) is 0 Å². The molecule has 0 unspecified atom stereocenters. The zero-order chi connectivity index (χ0) is 15.6. The van der Waals surface area contributed by atoms with Crippen LogP contribution in [0.2, 0.25) is 0 Å². The van der Waals surface area contributed by atoms with Crippen LogP contribution < -0.4 is 5.73 Å². The molecule has 1 aromatic carbocycles. The first-order chi connectivity index (χ1) is 9.91. The van der Waals surface area contributed by atoms with E-state index in [1.807, 2.05) is 0 Å². The minimum Gasteiger partial charge on any atom is -0.478 e. The van der Waals surface area contributed by atoms with E-state index in [1.54, 1.807) is 0 Å². The third-order valence-electron chi connectivity index (χ3n) is 2.92. The van der Waals surface area contributed by atoms with Crippen LogP contribution in [-0.4, -0.2) is 53.5 Å². The first-order valence-electron chi connectivity index (χ1n) is 6.01. The monoisotopic (exact) mass is 292 g/mol. The summed E-state index contributed by atoms with van der Waals surface area (Å²) in [5.74, 6) is -2.93. The number of nitrogens with two attached hydrogens (primary N) is 1. The van der Waals surface area contributed by atoms with Crippen LogP contribution in [0.3, 0.4) is 0 Å². The topological polar surface area (TPSA) is 127 Å². The molecule has 3 N–H and O–H groups in total. The lowest BCUT2D eigenvalue weighted by atomic mass is 10.1. The minimum absolute atomic E-state index is 0.0276. The molecule has 8 nitrogen and oxygen atoms in total. The molecular weight excluding hydrogens is 280 g/mol. The van der Waals surface area contributed by atoms with Crippen molar-refractivity contribution in [2.45, 2.75) is 0 Å². The van der Waals surface area contributed by atoms with Gasteiger partial charge < -0.3 is 15.6 Å². The smallest absolute Gasteiger partial charge is 0.335 e. The highest BCUT2D eigenvalue weighted by atomic mass is 16.5. The number of fused-ring (bicyclic) bond motifs is 1. The third-order valence-corrected chi connectivity index (χ3v) is 2.92. The summed E-state index contributed by atoms with van der Waals surface area (Å²) in [4.78, 5) is 46.4. The van der Waals surface area contributed by atoms with Gasteiger partial charge in [-0.15, -0.1) is 0 Å². The van der Waals surface area contributed by atoms with E-state index in [0.717, 1.165) is 4.90 Å². The molecule has 0 atom stereocenters. The van der Waals surface area contributed by atoms with Crippen LogP contribution in [0.1, 0.15) is 31.1 Å². The highest BCUT2D eigenvalue weighted by molar-refractivity contribution is 6.21. The summed E-state index contributed by atoms with van der Waals surface area (Å²) in [5, 5.41) is 8.89. The van der Waals surface area contributed by atoms with Crippen LogP contribution >= 0.6 is 0 Å². The van der Waals surface area contributed by atoms with Crippen LogP contribution in [0.5, 0.6) is 0 Å². The van der Waals surface area contributed by atoms with Crippen molar-refractivity contribution in [2.75, 3.05) is 19.8 Å². The van der Waals surface area contributed by atoms with Crippen molar-refractivity contribution < 1.29 is 29.0 Å². The summed E-state index contributed by atoms with van der Waals surface area (Å²) in [6.07, 6.45) is 0. The fraction of sp³-hybridized carbons (Fsp3) is 0.231. The van der Waals surface area contributed by atoms with Gasteiger partial charge in [-0.2, -0.15) is 0 Å². The van der Waals surface area contributed by atoms with E-state index >= 15 is 0 Å². The average Bonchev–Trinajstić information content (AvgIpc) is 2.67. The molecule has 1 aliphatic heterocycles. The minimum atomic E-state index is -1.18. The van der Waals surface area contributed by atoms with Crippen molar-refractivity contribution in [2.24, 2.45) is 5.73 Å². The zero-order valence-electron chi connectivity index (χ0n) is 10.9. The molecule has 1 aliphatic rings. The predicted octanol–water partition coefficient (Wildman–Crippen LogP) is -0.517. The van der Waals surface area contributed by atoms with E-state index in [4.69, 9.17) is 15.6 Å². The average molecular weight is 292 g/mol. The van der Waals surface area contributed by atoms with Crippen molar-refractivity contribution in [3.8, 4) is 0 Å². The number of rotatable bonds is 6. The van der Waals surface area contributed by atoms with Crippen LogP contribution in [-0.2, 0) is 9.53 Å². The number of carbonyl (C=O) groups is 4. The molecule has 0 saturated heterocycles. The lowest BCUT2D eigenvalue weighted by molar-refractivity contribution is -0.122. The maximum atomic E-state index is 12.1. The Bertz CT molecular complexity index is 640. The summed E-state index contributed by atoms with van der Waals surface area (Å²) in [6, 6.07) is 3.74. The fourth-order valence-corrected chi connectivity index (χ4v) is 1.96. The second kappa shape index (κ2) is 5.71. The number of hydrogen-bond acceptors (Lipinski definition) is 5. The Kier molecular flexibility index (Phi) is 3.99. The van der Waals surface area contributed by atoms with Gasteiger partial charge in [0.1, 0.15) is 6.61 Å². The molecule has 21 heavy (non-hydrogen) atoms. The van der Waals surface area contributed by atoms with Gasteiger partial charge in [-0.3, -0.25) is 19.3 Å². The van der Waals surface area contributed by atoms with Crippen LogP contribution in [0.25, 0.3) is 0 Å². The maximum Gasteiger partial charge on any atom is 0.335 e. The third kappa shape index (κ3) is 2.90. The largest absolute Gasteiger partial charge is 0.478 e. The van der Waals surface area contributed by atoms with E-state index in [2.05, 4.69) is 0 Å². The van der Waals surface area contributed by atoms with Gasteiger partial charge in [-0.05, 0) is 18.2 Å². The first kappa shape index (κ1) is 14.7.